The van der Waals surface area contributed by atoms with E-state index >= 15 is 0 Å². The Morgan fingerprint density at radius 1 is 1.43 bits per heavy atom. The SMILES string of the molecule is Cc1cccc(-c2nnc(SCC(=O)N(C)C(C)(C)C#N)o2)c1. The van der Waals surface area contributed by atoms with Gasteiger partial charge in [0.05, 0.1) is 11.8 Å². The Labute approximate surface area is 139 Å². The molecule has 0 N–H and O–H groups in total. The molecule has 0 aliphatic rings. The topological polar surface area (TPSA) is 83.0 Å². The van der Waals surface area contributed by atoms with Gasteiger partial charge < -0.3 is 9.32 Å². The summed E-state index contributed by atoms with van der Waals surface area (Å²) in [5, 5.41) is 17.3. The molecule has 1 aromatic carbocycles. The number of hydrogen-bond acceptors (Lipinski definition) is 6. The summed E-state index contributed by atoms with van der Waals surface area (Å²) in [5.74, 6) is 0.392. The lowest BCUT2D eigenvalue weighted by molar-refractivity contribution is -0.130. The van der Waals surface area contributed by atoms with Crippen LogP contribution in [0.2, 0.25) is 0 Å². The lowest BCUT2D eigenvalue weighted by atomic mass is 10.1. The van der Waals surface area contributed by atoms with Crippen LogP contribution in [0.15, 0.2) is 33.9 Å². The predicted octanol–water partition coefficient (Wildman–Crippen LogP) is 2.90. The molecule has 0 atom stereocenters. The standard InChI is InChI=1S/C16H18N4O2S/c1-11-6-5-7-12(8-11)14-18-19-15(22-14)23-9-13(21)20(4)16(2,3)10-17/h5-8H,9H2,1-4H3. The van der Waals surface area contributed by atoms with Crippen LogP contribution in [0.25, 0.3) is 11.5 Å². The Morgan fingerprint density at radius 3 is 2.83 bits per heavy atom. The van der Waals surface area contributed by atoms with Gasteiger partial charge in [0.25, 0.3) is 5.22 Å². The average Bonchev–Trinajstić information content (AvgIpc) is 3.00. The molecular weight excluding hydrogens is 312 g/mol. The molecule has 0 unspecified atom stereocenters. The average molecular weight is 330 g/mol. The number of benzene rings is 1. The number of nitrogens with zero attached hydrogens (tertiary/aromatic N) is 4. The second-order valence-corrected chi connectivity index (χ2v) is 6.58. The van der Waals surface area contributed by atoms with Gasteiger partial charge in [-0.2, -0.15) is 5.26 Å². The van der Waals surface area contributed by atoms with Gasteiger partial charge in [0.15, 0.2) is 0 Å². The van der Waals surface area contributed by atoms with Gasteiger partial charge in [-0.25, -0.2) is 0 Å². The number of amides is 1. The first-order valence-corrected chi connectivity index (χ1v) is 8.03. The Kier molecular flexibility index (Phi) is 5.06. The third kappa shape index (κ3) is 4.11. The first kappa shape index (κ1) is 17.0. The fourth-order valence-corrected chi connectivity index (χ4v) is 2.45. The van der Waals surface area contributed by atoms with Gasteiger partial charge in [-0.15, -0.1) is 10.2 Å². The van der Waals surface area contributed by atoms with Crippen LogP contribution in [-0.2, 0) is 4.79 Å². The van der Waals surface area contributed by atoms with Crippen molar-refractivity contribution in [3.05, 3.63) is 29.8 Å². The molecule has 1 amide bonds. The summed E-state index contributed by atoms with van der Waals surface area (Å²) < 4.78 is 5.57. The lowest BCUT2D eigenvalue weighted by Crippen LogP contribution is -2.44. The van der Waals surface area contributed by atoms with E-state index in [2.05, 4.69) is 16.3 Å². The highest BCUT2D eigenvalue weighted by Gasteiger charge is 2.27. The minimum absolute atomic E-state index is 0.136. The minimum atomic E-state index is -0.848. The lowest BCUT2D eigenvalue weighted by Gasteiger charge is -2.28. The molecule has 23 heavy (non-hydrogen) atoms. The highest BCUT2D eigenvalue weighted by molar-refractivity contribution is 7.99. The maximum Gasteiger partial charge on any atom is 0.277 e. The zero-order valence-corrected chi connectivity index (χ0v) is 14.3. The molecule has 0 aliphatic heterocycles. The molecule has 1 aromatic heterocycles. The molecule has 0 saturated heterocycles. The molecule has 0 bridgehead atoms. The molecular formula is C16H18N4O2S. The zero-order chi connectivity index (χ0) is 17.0. The molecule has 120 valence electrons. The summed E-state index contributed by atoms with van der Waals surface area (Å²) in [6.45, 7) is 5.37. The summed E-state index contributed by atoms with van der Waals surface area (Å²) in [5.41, 5.74) is 1.10. The third-order valence-electron chi connectivity index (χ3n) is 3.48. The largest absolute Gasteiger partial charge is 0.411 e. The summed E-state index contributed by atoms with van der Waals surface area (Å²) in [4.78, 5) is 13.5. The van der Waals surface area contributed by atoms with E-state index in [4.69, 9.17) is 9.68 Å². The molecule has 0 radical (unpaired) electrons. The van der Waals surface area contributed by atoms with Crippen LogP contribution in [0, 0.1) is 18.3 Å². The van der Waals surface area contributed by atoms with E-state index < -0.39 is 5.54 Å². The second kappa shape index (κ2) is 6.84. The maximum absolute atomic E-state index is 12.1. The van der Waals surface area contributed by atoms with E-state index in [1.807, 2.05) is 31.2 Å². The van der Waals surface area contributed by atoms with Crippen molar-refractivity contribution in [3.8, 4) is 17.5 Å². The van der Waals surface area contributed by atoms with E-state index in [1.165, 1.54) is 4.90 Å². The van der Waals surface area contributed by atoms with Crippen molar-refractivity contribution in [2.75, 3.05) is 12.8 Å². The van der Waals surface area contributed by atoms with Crippen molar-refractivity contribution < 1.29 is 9.21 Å². The molecule has 2 rings (SSSR count). The summed E-state index contributed by atoms with van der Waals surface area (Å²) in [6.07, 6.45) is 0. The fourth-order valence-electron chi connectivity index (χ4n) is 1.77. The van der Waals surface area contributed by atoms with Gasteiger partial charge >= 0.3 is 0 Å². The van der Waals surface area contributed by atoms with Crippen LogP contribution in [0.5, 0.6) is 0 Å². The van der Waals surface area contributed by atoms with Gasteiger partial charge in [0.2, 0.25) is 11.8 Å². The summed E-state index contributed by atoms with van der Waals surface area (Å²) >= 11 is 1.16. The number of rotatable bonds is 5. The van der Waals surface area contributed by atoms with Crippen molar-refractivity contribution in [2.45, 2.75) is 31.5 Å². The first-order valence-electron chi connectivity index (χ1n) is 7.05. The van der Waals surface area contributed by atoms with E-state index in [0.717, 1.165) is 22.9 Å². The number of carbonyl (C=O) groups is 1. The van der Waals surface area contributed by atoms with Gasteiger partial charge in [-0.05, 0) is 32.9 Å². The van der Waals surface area contributed by atoms with Crippen molar-refractivity contribution >= 4 is 17.7 Å². The molecule has 7 heteroatoms. The zero-order valence-electron chi connectivity index (χ0n) is 13.5. The molecule has 0 aliphatic carbocycles. The highest BCUT2D eigenvalue weighted by atomic mass is 32.2. The Bertz CT molecular complexity index is 749. The van der Waals surface area contributed by atoms with Crippen LogP contribution < -0.4 is 0 Å². The van der Waals surface area contributed by atoms with Crippen LogP contribution in [-0.4, -0.2) is 39.3 Å². The number of aryl methyl sites for hydroxylation is 1. The number of hydrogen-bond donors (Lipinski definition) is 0. The Balaban J connectivity index is 2.01. The van der Waals surface area contributed by atoms with E-state index in [0.29, 0.717) is 11.1 Å². The summed E-state index contributed by atoms with van der Waals surface area (Å²) in [7, 11) is 1.61. The minimum Gasteiger partial charge on any atom is -0.411 e. The van der Waals surface area contributed by atoms with Crippen LogP contribution in [0.3, 0.4) is 0 Å². The molecule has 0 saturated carbocycles. The molecule has 1 heterocycles. The van der Waals surface area contributed by atoms with Crippen LogP contribution in [0.4, 0.5) is 0 Å². The van der Waals surface area contributed by atoms with Crippen LogP contribution in [0.1, 0.15) is 19.4 Å². The molecule has 0 spiro atoms. The van der Waals surface area contributed by atoms with E-state index in [9.17, 15) is 4.79 Å². The normalized spacial score (nSPS) is 11.1. The third-order valence-corrected chi connectivity index (χ3v) is 4.28. The predicted molar refractivity (Wildman–Crippen MR) is 87.7 cm³/mol. The molecule has 0 fully saturated rings. The molecule has 6 nitrogen and oxygen atoms in total. The monoisotopic (exact) mass is 330 g/mol. The van der Waals surface area contributed by atoms with Gasteiger partial charge in [-0.3, -0.25) is 4.79 Å². The van der Waals surface area contributed by atoms with Crippen molar-refractivity contribution in [3.63, 3.8) is 0 Å². The smallest absolute Gasteiger partial charge is 0.277 e. The fraction of sp³-hybridized carbons (Fsp3) is 0.375. The number of aromatic nitrogens is 2. The number of carbonyl (C=O) groups excluding carboxylic acids is 1. The van der Waals surface area contributed by atoms with E-state index in [1.54, 1.807) is 20.9 Å². The van der Waals surface area contributed by atoms with Crippen molar-refractivity contribution in [1.29, 1.82) is 5.26 Å². The Hall–Kier alpha value is -2.33. The first-order chi connectivity index (χ1) is 10.8. The maximum atomic E-state index is 12.1. The van der Waals surface area contributed by atoms with Crippen LogP contribution >= 0.6 is 11.8 Å². The van der Waals surface area contributed by atoms with Gasteiger partial charge in [-0.1, -0.05) is 29.5 Å². The number of thioether (sulfide) groups is 1. The second-order valence-electron chi connectivity index (χ2n) is 5.65. The highest BCUT2D eigenvalue weighted by Crippen LogP contribution is 2.24. The van der Waals surface area contributed by atoms with Crippen molar-refractivity contribution in [2.24, 2.45) is 0 Å². The molecule has 2 aromatic rings. The quantitative estimate of drug-likeness (QED) is 0.784. The van der Waals surface area contributed by atoms with Gasteiger partial charge in [0.1, 0.15) is 5.54 Å². The van der Waals surface area contributed by atoms with E-state index in [-0.39, 0.29) is 11.7 Å². The summed E-state index contributed by atoms with van der Waals surface area (Å²) in [6, 6.07) is 9.85. The number of nitriles is 1. The Morgan fingerprint density at radius 2 is 2.17 bits per heavy atom. The van der Waals surface area contributed by atoms with Gasteiger partial charge in [0, 0.05) is 12.6 Å². The van der Waals surface area contributed by atoms with Crippen molar-refractivity contribution in [1.82, 2.24) is 15.1 Å².